The molecule has 0 saturated heterocycles. The van der Waals surface area contributed by atoms with Crippen molar-refractivity contribution >= 4 is 15.9 Å². The standard InChI is InChI=1S/C24H23F3N6O5S/c1-13-22(26)17(25)10-21(23(13)27)39(35,36)33-6-5-29-24(34)19(33)8-14-11-32(31-30-14)18-4-7-37-20-9-15(38-12-28)2-3-16(18)20/h2-3,5-6,9-11,18-19H,4,7-8,12,28H2,1H3,(H,29,34). The van der Waals surface area contributed by atoms with Gasteiger partial charge in [0.25, 0.3) is 10.0 Å². The second-order valence-electron chi connectivity index (χ2n) is 8.84. The van der Waals surface area contributed by atoms with Gasteiger partial charge in [-0.25, -0.2) is 26.3 Å². The van der Waals surface area contributed by atoms with Crippen LogP contribution >= 0.6 is 0 Å². The van der Waals surface area contributed by atoms with Crippen LogP contribution in [-0.2, 0) is 21.2 Å². The molecule has 2 aliphatic rings. The van der Waals surface area contributed by atoms with Crippen molar-refractivity contribution in [2.45, 2.75) is 36.7 Å². The Bertz CT molecular complexity index is 1580. The number of hydrogen-bond acceptors (Lipinski definition) is 8. The average Bonchev–Trinajstić information content (AvgIpc) is 3.38. The Balaban J connectivity index is 1.43. The van der Waals surface area contributed by atoms with Gasteiger partial charge in [0.15, 0.2) is 11.6 Å². The van der Waals surface area contributed by atoms with E-state index in [1.165, 1.54) is 0 Å². The van der Waals surface area contributed by atoms with E-state index in [2.05, 4.69) is 15.6 Å². The molecule has 3 heterocycles. The highest BCUT2D eigenvalue weighted by Gasteiger charge is 2.39. The minimum atomic E-state index is -4.81. The number of carbonyl (C=O) groups excluding carboxylic acids is 1. The van der Waals surface area contributed by atoms with Gasteiger partial charge in [-0.3, -0.25) is 14.8 Å². The molecule has 39 heavy (non-hydrogen) atoms. The van der Waals surface area contributed by atoms with Gasteiger partial charge in [0.2, 0.25) is 5.91 Å². The van der Waals surface area contributed by atoms with E-state index in [1.807, 2.05) is 6.07 Å². The summed E-state index contributed by atoms with van der Waals surface area (Å²) < 4.78 is 82.4. The number of nitrogens with one attached hydrogen (secondary N) is 1. The second-order valence-corrected chi connectivity index (χ2v) is 10.7. The highest BCUT2D eigenvalue weighted by molar-refractivity contribution is 7.89. The maximum atomic E-state index is 14.8. The minimum Gasteiger partial charge on any atom is -0.493 e. The molecule has 0 radical (unpaired) electrons. The van der Waals surface area contributed by atoms with Crippen LogP contribution in [0.5, 0.6) is 11.5 Å². The van der Waals surface area contributed by atoms with E-state index in [4.69, 9.17) is 15.2 Å². The molecule has 0 fully saturated rings. The van der Waals surface area contributed by atoms with Crippen molar-refractivity contribution in [1.29, 1.82) is 0 Å². The summed E-state index contributed by atoms with van der Waals surface area (Å²) >= 11 is 0. The molecule has 0 saturated carbocycles. The van der Waals surface area contributed by atoms with Gasteiger partial charge in [0, 0.05) is 54.7 Å². The number of sulfonamides is 1. The van der Waals surface area contributed by atoms with Gasteiger partial charge in [-0.1, -0.05) is 5.21 Å². The molecule has 15 heteroatoms. The maximum Gasteiger partial charge on any atom is 0.267 e. The summed E-state index contributed by atoms with van der Waals surface area (Å²) in [5, 5.41) is 10.7. The van der Waals surface area contributed by atoms with Crippen LogP contribution in [0.15, 0.2) is 47.8 Å². The van der Waals surface area contributed by atoms with E-state index in [0.29, 0.717) is 28.8 Å². The molecule has 3 N–H and O–H groups in total. The zero-order chi connectivity index (χ0) is 27.9. The topological polar surface area (TPSA) is 142 Å². The first-order valence-corrected chi connectivity index (χ1v) is 13.2. The Labute approximate surface area is 221 Å². The number of carbonyl (C=O) groups is 1. The van der Waals surface area contributed by atoms with Crippen molar-refractivity contribution in [1.82, 2.24) is 24.6 Å². The first kappa shape index (κ1) is 26.5. The fourth-order valence-corrected chi connectivity index (χ4v) is 6.10. The molecule has 2 aliphatic heterocycles. The predicted molar refractivity (Wildman–Crippen MR) is 129 cm³/mol. The van der Waals surface area contributed by atoms with Crippen LogP contribution in [0.3, 0.4) is 0 Å². The minimum absolute atomic E-state index is 0.00761. The molecule has 11 nitrogen and oxygen atoms in total. The molecule has 1 aromatic heterocycles. The Morgan fingerprint density at radius 3 is 2.79 bits per heavy atom. The van der Waals surface area contributed by atoms with E-state index in [1.54, 1.807) is 23.0 Å². The largest absolute Gasteiger partial charge is 0.493 e. The summed E-state index contributed by atoms with van der Waals surface area (Å²) in [6.07, 6.45) is 3.97. The van der Waals surface area contributed by atoms with Crippen LogP contribution < -0.4 is 20.5 Å². The lowest BCUT2D eigenvalue weighted by Gasteiger charge is -2.31. The lowest BCUT2D eigenvalue weighted by Crippen LogP contribution is -2.50. The molecule has 0 bridgehead atoms. The summed E-state index contributed by atoms with van der Waals surface area (Å²) in [6.45, 7) is 1.31. The van der Waals surface area contributed by atoms with Crippen LogP contribution in [0.2, 0.25) is 0 Å². The van der Waals surface area contributed by atoms with E-state index < -0.39 is 49.9 Å². The van der Waals surface area contributed by atoms with Crippen molar-refractivity contribution < 1.29 is 35.9 Å². The fourth-order valence-electron chi connectivity index (χ4n) is 4.51. The molecule has 2 unspecified atom stereocenters. The van der Waals surface area contributed by atoms with E-state index in [0.717, 1.165) is 24.9 Å². The predicted octanol–water partition coefficient (Wildman–Crippen LogP) is 1.87. The number of rotatable bonds is 7. The average molecular weight is 565 g/mol. The molecule has 206 valence electrons. The third-order valence-corrected chi connectivity index (χ3v) is 8.26. The molecular weight excluding hydrogens is 541 g/mol. The molecule has 1 amide bonds. The second kappa shape index (κ2) is 10.2. The Kier molecular flexibility index (Phi) is 6.94. The number of hydrogen-bond donors (Lipinski definition) is 2. The Morgan fingerprint density at radius 2 is 2.03 bits per heavy atom. The molecular formula is C24H23F3N6O5S. The number of benzene rings is 2. The molecule has 2 atom stereocenters. The van der Waals surface area contributed by atoms with E-state index >= 15 is 0 Å². The maximum absolute atomic E-state index is 14.8. The van der Waals surface area contributed by atoms with Crippen molar-refractivity contribution in [3.05, 3.63) is 77.1 Å². The molecule has 3 aromatic rings. The van der Waals surface area contributed by atoms with Gasteiger partial charge in [-0.2, -0.15) is 0 Å². The SMILES string of the molecule is Cc1c(F)c(F)cc(S(=O)(=O)N2C=CNC(=O)C2Cc2cn(C3CCOc4cc(OCN)ccc43)nn2)c1F. The number of fused-ring (bicyclic) bond motifs is 1. The number of ether oxygens (including phenoxy) is 2. The zero-order valence-electron chi connectivity index (χ0n) is 20.5. The number of nitrogens with zero attached hydrogens (tertiary/aromatic N) is 4. The molecule has 0 aliphatic carbocycles. The number of nitrogens with two attached hydrogens (primary N) is 1. The smallest absolute Gasteiger partial charge is 0.267 e. The summed E-state index contributed by atoms with van der Waals surface area (Å²) in [4.78, 5) is 11.6. The van der Waals surface area contributed by atoms with Crippen LogP contribution in [-0.4, -0.2) is 53.0 Å². The van der Waals surface area contributed by atoms with E-state index in [9.17, 15) is 26.4 Å². The summed E-state index contributed by atoms with van der Waals surface area (Å²) in [7, 11) is -4.81. The van der Waals surface area contributed by atoms with Crippen LogP contribution in [0, 0.1) is 24.4 Å². The van der Waals surface area contributed by atoms with Crippen molar-refractivity contribution in [3.63, 3.8) is 0 Å². The highest BCUT2D eigenvalue weighted by atomic mass is 32.2. The van der Waals surface area contributed by atoms with Crippen LogP contribution in [0.4, 0.5) is 13.2 Å². The third kappa shape index (κ3) is 4.78. The van der Waals surface area contributed by atoms with Crippen molar-refractivity contribution in [2.75, 3.05) is 13.3 Å². The molecule has 2 aromatic carbocycles. The molecule has 0 spiro atoms. The van der Waals surface area contributed by atoms with Crippen LogP contribution in [0.1, 0.15) is 29.3 Å². The first-order valence-electron chi connectivity index (χ1n) is 11.8. The van der Waals surface area contributed by atoms with Gasteiger partial charge in [-0.15, -0.1) is 5.10 Å². The van der Waals surface area contributed by atoms with Gasteiger partial charge < -0.3 is 14.8 Å². The number of aromatic nitrogens is 3. The summed E-state index contributed by atoms with van der Waals surface area (Å²) in [5.74, 6) is -4.07. The van der Waals surface area contributed by atoms with Gasteiger partial charge in [0.1, 0.15) is 35.0 Å². The van der Waals surface area contributed by atoms with Crippen LogP contribution in [0.25, 0.3) is 0 Å². The Hall–Kier alpha value is -4.11. The number of halogens is 3. The highest BCUT2D eigenvalue weighted by Crippen LogP contribution is 2.37. The lowest BCUT2D eigenvalue weighted by atomic mass is 10.0. The quantitative estimate of drug-likeness (QED) is 0.327. The monoisotopic (exact) mass is 564 g/mol. The van der Waals surface area contributed by atoms with Gasteiger partial charge in [0.05, 0.1) is 18.3 Å². The van der Waals surface area contributed by atoms with Gasteiger partial charge in [-0.05, 0) is 19.1 Å². The van der Waals surface area contributed by atoms with Crippen molar-refractivity contribution in [2.24, 2.45) is 5.73 Å². The Morgan fingerprint density at radius 1 is 1.23 bits per heavy atom. The summed E-state index contributed by atoms with van der Waals surface area (Å²) in [5.41, 5.74) is 5.72. The third-order valence-electron chi connectivity index (χ3n) is 6.48. The molecule has 5 rings (SSSR count). The van der Waals surface area contributed by atoms with E-state index in [-0.39, 0.29) is 31.0 Å². The fraction of sp³-hybridized carbons (Fsp3) is 0.292. The summed E-state index contributed by atoms with van der Waals surface area (Å²) in [6, 6.07) is 3.86. The number of amides is 1. The van der Waals surface area contributed by atoms with Crippen molar-refractivity contribution in [3.8, 4) is 11.5 Å². The zero-order valence-corrected chi connectivity index (χ0v) is 21.3. The first-order chi connectivity index (χ1) is 18.6. The lowest BCUT2D eigenvalue weighted by molar-refractivity contribution is -0.124. The van der Waals surface area contributed by atoms with Gasteiger partial charge >= 0.3 is 0 Å². The normalized spacial score (nSPS) is 18.9.